The van der Waals surface area contributed by atoms with Crippen LogP contribution in [0.3, 0.4) is 0 Å². The molecule has 1 aromatic carbocycles. The highest BCUT2D eigenvalue weighted by Crippen LogP contribution is 2.34. The second-order valence-corrected chi connectivity index (χ2v) is 5.15. The summed E-state index contributed by atoms with van der Waals surface area (Å²) in [5.41, 5.74) is -1.39. The lowest BCUT2D eigenvalue weighted by molar-refractivity contribution is -0.143. The molecule has 0 spiro atoms. The van der Waals surface area contributed by atoms with E-state index in [4.69, 9.17) is 0 Å². The van der Waals surface area contributed by atoms with Gasteiger partial charge in [0.1, 0.15) is 5.54 Å². The van der Waals surface area contributed by atoms with E-state index in [-0.39, 0.29) is 0 Å². The standard InChI is InChI=1S/C14H16F3NO2/c15-14(16,17)10-4-6-11(7-5-10)18-13(12(19)20)8-2-1-3-9-13/h4-7,18H,1-3,8-9H2,(H,19,20). The molecule has 1 saturated carbocycles. The maximum absolute atomic E-state index is 12.5. The van der Waals surface area contributed by atoms with Crippen LogP contribution in [0.15, 0.2) is 24.3 Å². The zero-order chi connectivity index (χ0) is 14.8. The number of carboxylic acids is 1. The summed E-state index contributed by atoms with van der Waals surface area (Å²) in [6.45, 7) is 0. The van der Waals surface area contributed by atoms with E-state index in [1.54, 1.807) is 0 Å². The highest BCUT2D eigenvalue weighted by atomic mass is 19.4. The van der Waals surface area contributed by atoms with Crippen LogP contribution in [0.25, 0.3) is 0 Å². The van der Waals surface area contributed by atoms with E-state index in [1.165, 1.54) is 12.1 Å². The van der Waals surface area contributed by atoms with Crippen LogP contribution in [0.2, 0.25) is 0 Å². The van der Waals surface area contributed by atoms with E-state index in [9.17, 15) is 23.1 Å². The Hall–Kier alpha value is -1.72. The van der Waals surface area contributed by atoms with E-state index < -0.39 is 23.2 Å². The summed E-state index contributed by atoms with van der Waals surface area (Å²) in [6.07, 6.45) is -0.801. The van der Waals surface area contributed by atoms with E-state index in [0.717, 1.165) is 31.4 Å². The monoisotopic (exact) mass is 287 g/mol. The second-order valence-electron chi connectivity index (χ2n) is 5.15. The molecule has 20 heavy (non-hydrogen) atoms. The SMILES string of the molecule is O=C(O)C1(Nc2ccc(C(F)(F)F)cc2)CCCCC1. The van der Waals surface area contributed by atoms with Crippen LogP contribution in [0.1, 0.15) is 37.7 Å². The maximum Gasteiger partial charge on any atom is 0.416 e. The van der Waals surface area contributed by atoms with Gasteiger partial charge in [0.2, 0.25) is 0 Å². The number of nitrogens with one attached hydrogen (secondary N) is 1. The van der Waals surface area contributed by atoms with Gasteiger partial charge in [0.15, 0.2) is 0 Å². The summed E-state index contributed by atoms with van der Waals surface area (Å²) in [5.74, 6) is -0.947. The molecule has 6 heteroatoms. The average molecular weight is 287 g/mol. The van der Waals surface area contributed by atoms with Gasteiger partial charge < -0.3 is 10.4 Å². The average Bonchev–Trinajstić information content (AvgIpc) is 2.39. The number of halogens is 3. The molecular formula is C14H16F3NO2. The highest BCUT2D eigenvalue weighted by molar-refractivity contribution is 5.83. The van der Waals surface area contributed by atoms with Crippen LogP contribution in [0, 0.1) is 0 Å². The molecule has 110 valence electrons. The third kappa shape index (κ3) is 3.05. The number of hydrogen-bond acceptors (Lipinski definition) is 2. The highest BCUT2D eigenvalue weighted by Gasteiger charge is 2.39. The molecule has 0 radical (unpaired) electrons. The maximum atomic E-state index is 12.5. The summed E-state index contributed by atoms with van der Waals surface area (Å²) in [7, 11) is 0. The topological polar surface area (TPSA) is 49.3 Å². The van der Waals surface area contributed by atoms with Gasteiger partial charge in [-0.3, -0.25) is 0 Å². The third-order valence-electron chi connectivity index (χ3n) is 3.71. The molecule has 0 amide bonds. The van der Waals surface area contributed by atoms with E-state index >= 15 is 0 Å². The second kappa shape index (κ2) is 5.34. The predicted molar refractivity (Wildman–Crippen MR) is 68.5 cm³/mol. The van der Waals surface area contributed by atoms with Crippen molar-refractivity contribution in [3.8, 4) is 0 Å². The lowest BCUT2D eigenvalue weighted by Gasteiger charge is -2.35. The number of aliphatic carboxylic acids is 1. The van der Waals surface area contributed by atoms with E-state index in [1.807, 2.05) is 0 Å². The molecule has 0 aromatic heterocycles. The Morgan fingerprint density at radius 3 is 2.10 bits per heavy atom. The predicted octanol–water partition coefficient (Wildman–Crippen LogP) is 3.90. The molecule has 0 atom stereocenters. The van der Waals surface area contributed by atoms with Crippen LogP contribution in [-0.2, 0) is 11.0 Å². The van der Waals surface area contributed by atoms with Gasteiger partial charge in [-0.1, -0.05) is 19.3 Å². The molecule has 2 N–H and O–H groups in total. The van der Waals surface area contributed by atoms with Gasteiger partial charge >= 0.3 is 12.1 Å². The van der Waals surface area contributed by atoms with Crippen molar-refractivity contribution >= 4 is 11.7 Å². The number of benzene rings is 1. The van der Waals surface area contributed by atoms with Gasteiger partial charge in [-0.15, -0.1) is 0 Å². The van der Waals surface area contributed by atoms with Crippen LogP contribution in [-0.4, -0.2) is 16.6 Å². The molecule has 1 aliphatic rings. The van der Waals surface area contributed by atoms with Crippen molar-refractivity contribution in [1.29, 1.82) is 0 Å². The Kier molecular flexibility index (Phi) is 3.92. The van der Waals surface area contributed by atoms with Crippen molar-refractivity contribution in [2.45, 2.75) is 43.8 Å². The molecule has 0 bridgehead atoms. The minimum atomic E-state index is -4.38. The van der Waals surface area contributed by atoms with Crippen molar-refractivity contribution in [3.05, 3.63) is 29.8 Å². The smallest absolute Gasteiger partial charge is 0.416 e. The lowest BCUT2D eigenvalue weighted by Crippen LogP contribution is -2.47. The minimum absolute atomic E-state index is 0.405. The normalized spacial score (nSPS) is 18.6. The van der Waals surface area contributed by atoms with Crippen LogP contribution in [0.4, 0.5) is 18.9 Å². The number of hydrogen-bond donors (Lipinski definition) is 2. The molecule has 3 nitrogen and oxygen atoms in total. The number of carbonyl (C=O) groups is 1. The molecule has 0 aliphatic heterocycles. The summed E-state index contributed by atoms with van der Waals surface area (Å²) < 4.78 is 37.4. The number of anilines is 1. The van der Waals surface area contributed by atoms with Gasteiger partial charge in [-0.05, 0) is 37.1 Å². The van der Waals surface area contributed by atoms with Crippen LogP contribution in [0.5, 0.6) is 0 Å². The minimum Gasteiger partial charge on any atom is -0.480 e. The molecule has 1 aliphatic carbocycles. The van der Waals surface area contributed by atoms with Crippen molar-refractivity contribution in [2.75, 3.05) is 5.32 Å². The Labute approximate surface area is 114 Å². The Bertz CT molecular complexity index is 476. The first-order valence-corrected chi connectivity index (χ1v) is 6.52. The van der Waals surface area contributed by atoms with Gasteiger partial charge in [0.25, 0.3) is 0 Å². The zero-order valence-electron chi connectivity index (χ0n) is 10.8. The van der Waals surface area contributed by atoms with E-state index in [2.05, 4.69) is 5.32 Å². The molecule has 0 saturated heterocycles. The summed E-state index contributed by atoms with van der Waals surface area (Å²) >= 11 is 0. The third-order valence-corrected chi connectivity index (χ3v) is 3.71. The zero-order valence-corrected chi connectivity index (χ0v) is 10.8. The Morgan fingerprint density at radius 2 is 1.65 bits per heavy atom. The first kappa shape index (κ1) is 14.7. The fourth-order valence-corrected chi connectivity index (χ4v) is 2.57. The first-order chi connectivity index (χ1) is 9.33. The molecule has 0 unspecified atom stereocenters. The fraction of sp³-hybridized carbons (Fsp3) is 0.500. The Morgan fingerprint density at radius 1 is 1.10 bits per heavy atom. The van der Waals surface area contributed by atoms with Crippen molar-refractivity contribution in [1.82, 2.24) is 0 Å². The largest absolute Gasteiger partial charge is 0.480 e. The van der Waals surface area contributed by atoms with Crippen molar-refractivity contribution < 1.29 is 23.1 Å². The van der Waals surface area contributed by atoms with Crippen LogP contribution >= 0.6 is 0 Å². The molecule has 1 aromatic rings. The van der Waals surface area contributed by atoms with E-state index in [0.29, 0.717) is 18.5 Å². The quantitative estimate of drug-likeness (QED) is 0.886. The van der Waals surface area contributed by atoms with Gasteiger partial charge in [-0.25, -0.2) is 4.79 Å². The lowest BCUT2D eigenvalue weighted by atomic mass is 9.81. The summed E-state index contributed by atoms with van der Waals surface area (Å²) in [5, 5.41) is 12.3. The first-order valence-electron chi connectivity index (χ1n) is 6.52. The Balaban J connectivity index is 2.17. The molecule has 0 heterocycles. The van der Waals surface area contributed by atoms with Gasteiger partial charge in [-0.2, -0.15) is 13.2 Å². The summed E-state index contributed by atoms with van der Waals surface area (Å²) in [4.78, 5) is 11.5. The van der Waals surface area contributed by atoms with Gasteiger partial charge in [0.05, 0.1) is 5.56 Å². The molecule has 1 fully saturated rings. The number of alkyl halides is 3. The van der Waals surface area contributed by atoms with Gasteiger partial charge in [0, 0.05) is 5.69 Å². The number of rotatable bonds is 3. The van der Waals surface area contributed by atoms with Crippen molar-refractivity contribution in [2.24, 2.45) is 0 Å². The summed E-state index contributed by atoms with van der Waals surface area (Å²) in [6, 6.07) is 4.48. The van der Waals surface area contributed by atoms with Crippen molar-refractivity contribution in [3.63, 3.8) is 0 Å². The fourth-order valence-electron chi connectivity index (χ4n) is 2.57. The molecular weight excluding hydrogens is 271 g/mol. The van der Waals surface area contributed by atoms with Crippen LogP contribution < -0.4 is 5.32 Å². The molecule has 2 rings (SSSR count). The number of carboxylic acid groups (broad SMARTS) is 1.